The lowest BCUT2D eigenvalue weighted by atomic mass is 9.44. The molecule has 0 aromatic carbocycles. The van der Waals surface area contributed by atoms with Crippen molar-refractivity contribution in [2.75, 3.05) is 0 Å². The highest BCUT2D eigenvalue weighted by atomic mass is 16.4. The zero-order valence-electron chi connectivity index (χ0n) is 21.9. The van der Waals surface area contributed by atoms with Crippen LogP contribution in [0.3, 0.4) is 0 Å². The van der Waals surface area contributed by atoms with Crippen molar-refractivity contribution in [2.45, 2.75) is 104 Å². The molecule has 0 spiro atoms. The Balaban J connectivity index is 1.40. The van der Waals surface area contributed by atoms with Crippen LogP contribution in [0.5, 0.6) is 0 Å². The van der Waals surface area contributed by atoms with E-state index >= 15 is 0 Å². The highest BCUT2D eigenvalue weighted by Gasteiger charge is 2.63. The second kappa shape index (κ2) is 10.1. The van der Waals surface area contributed by atoms with Crippen molar-refractivity contribution in [3.8, 4) is 0 Å². The average molecular weight is 506 g/mol. The van der Waals surface area contributed by atoms with E-state index < -0.39 is 30.3 Å². The van der Waals surface area contributed by atoms with Crippen LogP contribution in [0, 0.1) is 46.3 Å². The Morgan fingerprint density at radius 3 is 2.36 bits per heavy atom. The number of carbonyl (C=O) groups excluding carboxylic acids is 2. The van der Waals surface area contributed by atoms with Crippen LogP contribution in [0.2, 0.25) is 0 Å². The third kappa shape index (κ3) is 4.82. The number of ketones is 1. The molecule has 4 fully saturated rings. The molecule has 36 heavy (non-hydrogen) atoms. The van der Waals surface area contributed by atoms with Gasteiger partial charge in [-0.15, -0.1) is 0 Å². The fraction of sp³-hybridized carbons (Fsp3) is 0.857. The van der Waals surface area contributed by atoms with Crippen molar-refractivity contribution in [2.24, 2.45) is 46.3 Å². The average Bonchev–Trinajstić information content (AvgIpc) is 3.15. The van der Waals surface area contributed by atoms with E-state index in [1.165, 1.54) is 0 Å². The molecule has 0 heterocycles. The van der Waals surface area contributed by atoms with Crippen LogP contribution < -0.4 is 5.32 Å². The molecule has 1 amide bonds. The van der Waals surface area contributed by atoms with Gasteiger partial charge in [-0.2, -0.15) is 0 Å². The molecule has 0 unspecified atom stereocenters. The Bertz CT molecular complexity index is 904. The van der Waals surface area contributed by atoms with Gasteiger partial charge in [0.1, 0.15) is 11.8 Å². The molecule has 0 aromatic heterocycles. The number of carbonyl (C=O) groups is 4. The van der Waals surface area contributed by atoms with Gasteiger partial charge in [-0.3, -0.25) is 14.4 Å². The lowest BCUT2D eigenvalue weighted by Crippen LogP contribution is -2.57. The monoisotopic (exact) mass is 505 g/mol. The third-order valence-electron chi connectivity index (χ3n) is 11.0. The minimum Gasteiger partial charge on any atom is -0.481 e. The van der Waals surface area contributed by atoms with Gasteiger partial charge < -0.3 is 20.6 Å². The first-order valence-electron chi connectivity index (χ1n) is 13.8. The first-order chi connectivity index (χ1) is 16.9. The zero-order chi connectivity index (χ0) is 26.4. The van der Waals surface area contributed by atoms with Crippen molar-refractivity contribution in [3.63, 3.8) is 0 Å². The molecule has 0 saturated heterocycles. The van der Waals surface area contributed by atoms with E-state index in [9.17, 15) is 29.4 Å². The number of aliphatic hydroxyl groups excluding tert-OH is 1. The molecule has 8 nitrogen and oxygen atoms in total. The highest BCUT2D eigenvalue weighted by Crippen LogP contribution is 2.67. The van der Waals surface area contributed by atoms with Crippen LogP contribution in [0.1, 0.15) is 91.4 Å². The topological polar surface area (TPSA) is 141 Å². The molecule has 202 valence electrons. The minimum absolute atomic E-state index is 0.0526. The Morgan fingerprint density at radius 1 is 1.03 bits per heavy atom. The molecule has 0 aromatic rings. The number of carboxylic acid groups (broad SMARTS) is 2. The number of hydrogen-bond donors (Lipinski definition) is 4. The van der Waals surface area contributed by atoms with Crippen molar-refractivity contribution in [3.05, 3.63) is 0 Å². The lowest BCUT2D eigenvalue weighted by molar-refractivity contribution is -0.160. The summed E-state index contributed by atoms with van der Waals surface area (Å²) in [5.41, 5.74) is 0.189. The van der Waals surface area contributed by atoms with Crippen LogP contribution in [0.25, 0.3) is 0 Å². The summed E-state index contributed by atoms with van der Waals surface area (Å²) in [6.45, 7) is 6.88. The van der Waals surface area contributed by atoms with Gasteiger partial charge in [0.15, 0.2) is 0 Å². The van der Waals surface area contributed by atoms with Crippen LogP contribution >= 0.6 is 0 Å². The van der Waals surface area contributed by atoms with Gasteiger partial charge >= 0.3 is 11.9 Å². The third-order valence-corrected chi connectivity index (χ3v) is 11.0. The van der Waals surface area contributed by atoms with Gasteiger partial charge in [-0.1, -0.05) is 20.8 Å². The molecule has 8 heteroatoms. The molecular weight excluding hydrogens is 462 g/mol. The Labute approximate surface area is 213 Å². The number of nitrogens with one attached hydrogen (secondary N) is 1. The van der Waals surface area contributed by atoms with Gasteiger partial charge in [0, 0.05) is 18.8 Å². The SMILES string of the molecule is C[C@H](CCC(=O)N[C@@H](CC(=O)O)C(=O)O)[C@H]1CC[C@H]2[C@@H]3C(=O)C[C@@H]4C[C@H](O)CC[C@]4(C)[C@H]3CC[C@]12C. The molecule has 4 saturated carbocycles. The number of Topliss-reactive ketones (excluding diaryl/α,β-unsaturated/α-hetero) is 1. The molecule has 0 radical (unpaired) electrons. The quantitative estimate of drug-likeness (QED) is 0.395. The standard InChI is InChI=1S/C28H43NO7/c1-15(4-7-23(32)29-21(26(35)36)14-24(33)34)18-5-6-19-25-20(9-11-28(18,19)3)27(2)10-8-17(30)12-16(27)13-22(25)31/h15-21,25,30H,4-14H2,1-3H3,(H,29,32)(H,33,34)(H,35,36)/t15-,16+,17-,18-,19+,20+,21+,25+,27+,28-/m1/s1. The van der Waals surface area contributed by atoms with E-state index in [2.05, 4.69) is 26.1 Å². The predicted octanol–water partition coefficient (Wildman–Crippen LogP) is 3.65. The normalized spacial score (nSPS) is 41.4. The number of fused-ring (bicyclic) bond motifs is 5. The van der Waals surface area contributed by atoms with E-state index in [0.717, 1.165) is 44.9 Å². The molecule has 10 atom stereocenters. The largest absolute Gasteiger partial charge is 0.481 e. The Kier molecular flexibility index (Phi) is 7.58. The van der Waals surface area contributed by atoms with Gasteiger partial charge in [0.25, 0.3) is 0 Å². The highest BCUT2D eigenvalue weighted by molar-refractivity contribution is 5.86. The van der Waals surface area contributed by atoms with Crippen molar-refractivity contribution in [1.82, 2.24) is 5.32 Å². The zero-order valence-corrected chi connectivity index (χ0v) is 21.9. The van der Waals surface area contributed by atoms with E-state index in [0.29, 0.717) is 42.3 Å². The van der Waals surface area contributed by atoms with Gasteiger partial charge in [-0.05, 0) is 91.8 Å². The first-order valence-corrected chi connectivity index (χ1v) is 13.8. The maximum atomic E-state index is 13.5. The number of hydrogen-bond acceptors (Lipinski definition) is 5. The second-order valence-corrected chi connectivity index (χ2v) is 12.8. The minimum atomic E-state index is -1.42. The van der Waals surface area contributed by atoms with Gasteiger partial charge in [0.05, 0.1) is 12.5 Å². The lowest BCUT2D eigenvalue weighted by Gasteiger charge is -2.60. The summed E-state index contributed by atoms with van der Waals surface area (Å²) in [5, 5.41) is 30.7. The maximum Gasteiger partial charge on any atom is 0.326 e. The summed E-state index contributed by atoms with van der Waals surface area (Å²) >= 11 is 0. The van der Waals surface area contributed by atoms with Crippen molar-refractivity contribution >= 4 is 23.6 Å². The van der Waals surface area contributed by atoms with E-state index in [4.69, 9.17) is 5.11 Å². The van der Waals surface area contributed by atoms with Crippen molar-refractivity contribution in [1.29, 1.82) is 0 Å². The number of aliphatic hydroxyl groups is 1. The molecule has 0 aliphatic heterocycles. The summed E-state index contributed by atoms with van der Waals surface area (Å²) in [5.74, 6) is -0.830. The number of rotatable bonds is 8. The Morgan fingerprint density at radius 2 is 1.69 bits per heavy atom. The first kappa shape index (κ1) is 27.1. The summed E-state index contributed by atoms with van der Waals surface area (Å²) in [6, 6.07) is -1.42. The van der Waals surface area contributed by atoms with Crippen molar-refractivity contribution < 1.29 is 34.5 Å². The number of amides is 1. The fourth-order valence-electron chi connectivity index (χ4n) is 9.09. The second-order valence-electron chi connectivity index (χ2n) is 12.8. The number of aliphatic carboxylic acids is 2. The van der Waals surface area contributed by atoms with Gasteiger partial charge in [0.2, 0.25) is 5.91 Å². The van der Waals surface area contributed by atoms with Crippen LogP contribution in [-0.2, 0) is 19.2 Å². The van der Waals surface area contributed by atoms with E-state index in [1.54, 1.807) is 0 Å². The molecule has 4 aliphatic carbocycles. The fourth-order valence-corrected chi connectivity index (χ4v) is 9.09. The van der Waals surface area contributed by atoms with Crippen LogP contribution in [0.15, 0.2) is 0 Å². The molecule has 0 bridgehead atoms. The van der Waals surface area contributed by atoms with E-state index in [1.807, 2.05) is 0 Å². The van der Waals surface area contributed by atoms with Gasteiger partial charge in [-0.25, -0.2) is 4.79 Å². The molecule has 4 aliphatic rings. The summed E-state index contributed by atoms with van der Waals surface area (Å²) < 4.78 is 0. The number of carboxylic acids is 2. The van der Waals surface area contributed by atoms with E-state index in [-0.39, 0.29) is 35.2 Å². The maximum absolute atomic E-state index is 13.5. The smallest absolute Gasteiger partial charge is 0.326 e. The predicted molar refractivity (Wildman–Crippen MR) is 132 cm³/mol. The molecule has 4 rings (SSSR count). The summed E-state index contributed by atoms with van der Waals surface area (Å²) in [6.07, 6.45) is 7.25. The molecular formula is C28H43NO7. The summed E-state index contributed by atoms with van der Waals surface area (Å²) in [4.78, 5) is 48.1. The Hall–Kier alpha value is -1.96. The van der Waals surface area contributed by atoms with Crippen LogP contribution in [-0.4, -0.2) is 51.1 Å². The summed E-state index contributed by atoms with van der Waals surface area (Å²) in [7, 11) is 0. The van der Waals surface area contributed by atoms with Crippen LogP contribution in [0.4, 0.5) is 0 Å². The molecule has 4 N–H and O–H groups in total.